The van der Waals surface area contributed by atoms with Crippen molar-refractivity contribution in [1.82, 2.24) is 4.90 Å². The fourth-order valence-electron chi connectivity index (χ4n) is 0.557. The van der Waals surface area contributed by atoms with Crippen molar-refractivity contribution in [2.45, 2.75) is 26.4 Å². The summed E-state index contributed by atoms with van der Waals surface area (Å²) in [6, 6.07) is 0. The number of rotatable bonds is 1. The van der Waals surface area contributed by atoms with Crippen LogP contribution in [0, 0.1) is 0 Å². The highest BCUT2D eigenvalue weighted by Gasteiger charge is 2.21. The lowest BCUT2D eigenvalue weighted by Gasteiger charge is -2.22. The van der Waals surface area contributed by atoms with Gasteiger partial charge in [0.05, 0.1) is 0 Å². The standard InChI is InChI=1S/C9H15NO3/c1-6-7(11)10(5)8(12)13-9(2,3)4/h6H,1H2,2-5H3. The molecule has 0 fully saturated rings. The van der Waals surface area contributed by atoms with Gasteiger partial charge in [-0.15, -0.1) is 0 Å². The SMILES string of the molecule is C=CC(=O)N(C)C(=O)OC(C)(C)C. The summed E-state index contributed by atoms with van der Waals surface area (Å²) >= 11 is 0. The van der Waals surface area contributed by atoms with E-state index in [0.29, 0.717) is 0 Å². The Morgan fingerprint density at radius 1 is 1.38 bits per heavy atom. The molecule has 4 nitrogen and oxygen atoms in total. The molecule has 4 heteroatoms. The smallest absolute Gasteiger partial charge is 0.417 e. The molecule has 0 heterocycles. The summed E-state index contributed by atoms with van der Waals surface area (Å²) in [5.41, 5.74) is -0.590. The first-order chi connectivity index (χ1) is 5.78. The molecule has 0 unspecified atom stereocenters. The lowest BCUT2D eigenvalue weighted by atomic mass is 10.2. The highest BCUT2D eigenvalue weighted by Crippen LogP contribution is 2.08. The molecule has 0 aliphatic rings. The van der Waals surface area contributed by atoms with Crippen molar-refractivity contribution in [3.8, 4) is 0 Å². The average molecular weight is 185 g/mol. The normalized spacial score (nSPS) is 10.5. The van der Waals surface area contributed by atoms with Crippen LogP contribution in [0.4, 0.5) is 4.79 Å². The van der Waals surface area contributed by atoms with Crippen LogP contribution >= 0.6 is 0 Å². The van der Waals surface area contributed by atoms with E-state index in [0.717, 1.165) is 11.0 Å². The summed E-state index contributed by atoms with van der Waals surface area (Å²) < 4.78 is 4.94. The quantitative estimate of drug-likeness (QED) is 0.582. The average Bonchev–Trinajstić information content (AvgIpc) is 1.98. The van der Waals surface area contributed by atoms with E-state index in [-0.39, 0.29) is 0 Å². The summed E-state index contributed by atoms with van der Waals surface area (Å²) in [6.07, 6.45) is 0.390. The van der Waals surface area contributed by atoms with E-state index < -0.39 is 17.6 Å². The van der Waals surface area contributed by atoms with Crippen molar-refractivity contribution in [1.29, 1.82) is 0 Å². The van der Waals surface area contributed by atoms with Crippen molar-refractivity contribution in [2.75, 3.05) is 7.05 Å². The minimum absolute atomic E-state index is 0.478. The van der Waals surface area contributed by atoms with Gasteiger partial charge in [-0.3, -0.25) is 4.79 Å². The number of hydrogen-bond donors (Lipinski definition) is 0. The van der Waals surface area contributed by atoms with Gasteiger partial charge in [0.15, 0.2) is 0 Å². The zero-order valence-corrected chi connectivity index (χ0v) is 8.46. The third-order valence-corrected chi connectivity index (χ3v) is 1.17. The third kappa shape index (κ3) is 4.30. The maximum Gasteiger partial charge on any atom is 0.417 e. The number of carbonyl (C=O) groups excluding carboxylic acids is 2. The van der Waals surface area contributed by atoms with E-state index in [1.807, 2.05) is 0 Å². The van der Waals surface area contributed by atoms with Gasteiger partial charge in [-0.05, 0) is 26.8 Å². The van der Waals surface area contributed by atoms with Gasteiger partial charge in [0.2, 0.25) is 0 Å². The summed E-state index contributed by atoms with van der Waals surface area (Å²) in [5, 5.41) is 0. The topological polar surface area (TPSA) is 46.6 Å². The second kappa shape index (κ2) is 4.07. The third-order valence-electron chi connectivity index (χ3n) is 1.17. The molecule has 74 valence electrons. The number of ether oxygens (including phenoxy) is 1. The minimum atomic E-state index is -0.669. The predicted molar refractivity (Wildman–Crippen MR) is 49.2 cm³/mol. The Morgan fingerprint density at radius 3 is 2.15 bits per heavy atom. The highest BCUT2D eigenvalue weighted by atomic mass is 16.6. The minimum Gasteiger partial charge on any atom is -0.443 e. The Kier molecular flexibility index (Phi) is 3.66. The number of amides is 2. The Labute approximate surface area is 78.2 Å². The molecule has 0 aromatic carbocycles. The molecule has 0 saturated heterocycles. The van der Waals surface area contributed by atoms with Gasteiger partial charge in [-0.25, -0.2) is 9.69 Å². The molecule has 0 bridgehead atoms. The Morgan fingerprint density at radius 2 is 1.85 bits per heavy atom. The summed E-state index contributed by atoms with van der Waals surface area (Å²) in [6.45, 7) is 8.46. The van der Waals surface area contributed by atoms with Crippen LogP contribution < -0.4 is 0 Å². The molecule has 0 aliphatic heterocycles. The fourth-order valence-corrected chi connectivity index (χ4v) is 0.557. The van der Waals surface area contributed by atoms with Gasteiger partial charge in [0, 0.05) is 7.05 Å². The first-order valence-electron chi connectivity index (χ1n) is 3.91. The first-order valence-corrected chi connectivity index (χ1v) is 3.91. The maximum absolute atomic E-state index is 11.2. The molecule has 0 aliphatic carbocycles. The van der Waals surface area contributed by atoms with Crippen LogP contribution in [0.15, 0.2) is 12.7 Å². The molecule has 13 heavy (non-hydrogen) atoms. The largest absolute Gasteiger partial charge is 0.443 e. The van der Waals surface area contributed by atoms with Crippen molar-refractivity contribution in [3.63, 3.8) is 0 Å². The second-order valence-corrected chi connectivity index (χ2v) is 3.58. The highest BCUT2D eigenvalue weighted by molar-refractivity contribution is 5.97. The van der Waals surface area contributed by atoms with Crippen molar-refractivity contribution >= 4 is 12.0 Å². The maximum atomic E-state index is 11.2. The Balaban J connectivity index is 4.28. The van der Waals surface area contributed by atoms with E-state index in [4.69, 9.17) is 4.74 Å². The number of carbonyl (C=O) groups is 2. The van der Waals surface area contributed by atoms with Gasteiger partial charge in [-0.1, -0.05) is 6.58 Å². The van der Waals surface area contributed by atoms with Crippen LogP contribution in [0.1, 0.15) is 20.8 Å². The van der Waals surface area contributed by atoms with Gasteiger partial charge >= 0.3 is 6.09 Å². The zero-order chi connectivity index (χ0) is 10.6. The summed E-state index contributed by atoms with van der Waals surface area (Å²) in [5.74, 6) is -0.478. The van der Waals surface area contributed by atoms with Crippen molar-refractivity contribution in [2.24, 2.45) is 0 Å². The second-order valence-electron chi connectivity index (χ2n) is 3.58. The summed E-state index contributed by atoms with van der Waals surface area (Å²) in [4.78, 5) is 23.0. The van der Waals surface area contributed by atoms with Crippen molar-refractivity contribution in [3.05, 3.63) is 12.7 Å². The van der Waals surface area contributed by atoms with E-state index in [2.05, 4.69) is 6.58 Å². The van der Waals surface area contributed by atoms with E-state index in [9.17, 15) is 9.59 Å². The van der Waals surface area contributed by atoms with Gasteiger partial charge in [-0.2, -0.15) is 0 Å². The Bertz CT molecular complexity index is 228. The van der Waals surface area contributed by atoms with Crippen molar-refractivity contribution < 1.29 is 14.3 Å². The molecular formula is C9H15NO3. The first kappa shape index (κ1) is 11.7. The zero-order valence-electron chi connectivity index (χ0n) is 8.46. The van der Waals surface area contributed by atoms with E-state index in [1.54, 1.807) is 20.8 Å². The number of likely N-dealkylation sites (N-methyl/N-ethyl adjacent to an activating group) is 1. The van der Waals surface area contributed by atoms with Gasteiger partial charge in [0.1, 0.15) is 5.60 Å². The van der Waals surface area contributed by atoms with Crippen LogP contribution in [0.3, 0.4) is 0 Å². The molecule has 0 atom stereocenters. The monoisotopic (exact) mass is 185 g/mol. The van der Waals surface area contributed by atoms with Crippen LogP contribution in [0.5, 0.6) is 0 Å². The lowest BCUT2D eigenvalue weighted by Crippen LogP contribution is -2.37. The van der Waals surface area contributed by atoms with Gasteiger partial charge in [0.25, 0.3) is 5.91 Å². The summed E-state index contributed by atoms with van der Waals surface area (Å²) in [7, 11) is 1.35. The van der Waals surface area contributed by atoms with Crippen LogP contribution in [-0.2, 0) is 9.53 Å². The van der Waals surface area contributed by atoms with Crippen LogP contribution in [0.25, 0.3) is 0 Å². The molecule has 0 N–H and O–H groups in total. The number of nitrogens with zero attached hydrogens (tertiary/aromatic N) is 1. The predicted octanol–water partition coefficient (Wildman–Crippen LogP) is 1.57. The molecular weight excluding hydrogens is 170 g/mol. The Hall–Kier alpha value is -1.32. The lowest BCUT2D eigenvalue weighted by molar-refractivity contribution is -0.124. The number of imide groups is 1. The molecule has 0 aromatic heterocycles. The molecule has 0 rings (SSSR count). The number of hydrogen-bond acceptors (Lipinski definition) is 3. The van der Waals surface area contributed by atoms with E-state index >= 15 is 0 Å². The molecule has 0 aromatic rings. The molecule has 0 saturated carbocycles. The molecule has 0 spiro atoms. The molecule has 2 amide bonds. The molecule has 0 radical (unpaired) electrons. The fraction of sp³-hybridized carbons (Fsp3) is 0.556. The van der Waals surface area contributed by atoms with E-state index in [1.165, 1.54) is 7.05 Å². The van der Waals surface area contributed by atoms with Gasteiger partial charge < -0.3 is 4.74 Å². The van der Waals surface area contributed by atoms with Crippen LogP contribution in [-0.4, -0.2) is 29.5 Å². The van der Waals surface area contributed by atoms with Crippen LogP contribution in [0.2, 0.25) is 0 Å².